The number of nitrogens with two attached hydrogens (primary N) is 1. The molecule has 6 nitrogen and oxygen atoms in total. The number of nitrogens with one attached hydrogen (secondary N) is 1. The van der Waals surface area contributed by atoms with E-state index in [1.54, 1.807) is 13.0 Å². The molecule has 0 aromatic carbocycles. The summed E-state index contributed by atoms with van der Waals surface area (Å²) in [5, 5.41) is 2.85. The molecule has 1 atom stereocenters. The van der Waals surface area contributed by atoms with Gasteiger partial charge in [0, 0.05) is 12.6 Å². The van der Waals surface area contributed by atoms with Gasteiger partial charge in [-0.3, -0.25) is 0 Å². The van der Waals surface area contributed by atoms with E-state index in [9.17, 15) is 8.42 Å². The molecule has 0 aliphatic rings. The van der Waals surface area contributed by atoms with E-state index in [4.69, 9.17) is 10.3 Å². The third-order valence-corrected chi connectivity index (χ3v) is 3.60. The fraction of sp³-hybridized carbons (Fsp3) is 0.571. The molecule has 0 spiro atoms. The van der Waals surface area contributed by atoms with Crippen LogP contribution in [0.4, 0.5) is 0 Å². The van der Waals surface area contributed by atoms with Gasteiger partial charge in [0.2, 0.25) is 10.0 Å². The summed E-state index contributed by atoms with van der Waals surface area (Å²) in [5.74, 6) is 0.470. The average molecular weight is 219 g/mol. The predicted octanol–water partition coefficient (Wildman–Crippen LogP) is -0.559. The second kappa shape index (κ2) is 4.54. The molecule has 1 unspecified atom stereocenters. The highest BCUT2D eigenvalue weighted by molar-refractivity contribution is 7.90. The molecular weight excluding hydrogens is 206 g/mol. The molecule has 0 aliphatic heterocycles. The molecular formula is C7H13N3O3S. The average Bonchev–Trinajstić information content (AvgIpc) is 2.66. The predicted molar refractivity (Wildman–Crippen MR) is 50.8 cm³/mol. The quantitative estimate of drug-likeness (QED) is 0.691. The minimum atomic E-state index is -3.35. The largest absolute Gasteiger partial charge is 0.360 e. The maximum Gasteiger partial charge on any atom is 0.215 e. The third-order valence-electron chi connectivity index (χ3n) is 1.80. The molecule has 7 heteroatoms. The Bertz CT molecular complexity index is 360. The first-order valence-electron chi connectivity index (χ1n) is 4.14. The maximum absolute atomic E-state index is 11.4. The lowest BCUT2D eigenvalue weighted by Crippen LogP contribution is -2.36. The standard InChI is InChI=1S/C7H13N3O3S/c1-6(4-8)14(11,12)10-5-7-2-3-9-13-7/h2-3,6,10H,4-5,8H2,1H3. The van der Waals surface area contributed by atoms with Crippen LogP contribution in [0.5, 0.6) is 0 Å². The van der Waals surface area contributed by atoms with Crippen molar-refractivity contribution in [3.63, 3.8) is 0 Å². The Hall–Kier alpha value is -0.920. The summed E-state index contributed by atoms with van der Waals surface area (Å²) < 4.78 is 29.9. The van der Waals surface area contributed by atoms with Gasteiger partial charge in [-0.2, -0.15) is 0 Å². The van der Waals surface area contributed by atoms with Gasteiger partial charge < -0.3 is 10.3 Å². The SMILES string of the molecule is CC(CN)S(=O)(=O)NCc1ccno1. The van der Waals surface area contributed by atoms with Crippen LogP contribution in [0.15, 0.2) is 16.8 Å². The van der Waals surface area contributed by atoms with Gasteiger partial charge >= 0.3 is 0 Å². The second-order valence-electron chi connectivity index (χ2n) is 2.89. The summed E-state index contributed by atoms with van der Waals surface area (Å²) in [6.07, 6.45) is 1.45. The van der Waals surface area contributed by atoms with Crippen LogP contribution in [0.2, 0.25) is 0 Å². The van der Waals surface area contributed by atoms with Gasteiger partial charge in [0.1, 0.15) is 0 Å². The van der Waals surface area contributed by atoms with Crippen molar-refractivity contribution in [2.24, 2.45) is 5.73 Å². The van der Waals surface area contributed by atoms with Gasteiger partial charge in [-0.25, -0.2) is 13.1 Å². The van der Waals surface area contributed by atoms with Crippen LogP contribution in [0.1, 0.15) is 12.7 Å². The van der Waals surface area contributed by atoms with E-state index >= 15 is 0 Å². The van der Waals surface area contributed by atoms with Gasteiger partial charge in [-0.05, 0) is 6.92 Å². The molecule has 1 aromatic heterocycles. The van der Waals surface area contributed by atoms with Crippen LogP contribution < -0.4 is 10.5 Å². The van der Waals surface area contributed by atoms with Crippen LogP contribution in [0.3, 0.4) is 0 Å². The van der Waals surface area contributed by atoms with Gasteiger partial charge in [0.15, 0.2) is 5.76 Å². The Morgan fingerprint density at radius 2 is 2.43 bits per heavy atom. The Morgan fingerprint density at radius 3 is 2.93 bits per heavy atom. The molecule has 14 heavy (non-hydrogen) atoms. The summed E-state index contributed by atoms with van der Waals surface area (Å²) in [4.78, 5) is 0. The van der Waals surface area contributed by atoms with Crippen molar-refractivity contribution in [2.75, 3.05) is 6.54 Å². The fourth-order valence-corrected chi connectivity index (χ4v) is 1.66. The number of rotatable bonds is 5. The normalized spacial score (nSPS) is 14.1. The summed E-state index contributed by atoms with van der Waals surface area (Å²) in [7, 11) is -3.35. The number of hydrogen-bond acceptors (Lipinski definition) is 5. The van der Waals surface area contributed by atoms with E-state index in [0.29, 0.717) is 5.76 Å². The van der Waals surface area contributed by atoms with Gasteiger partial charge in [-0.15, -0.1) is 0 Å². The van der Waals surface area contributed by atoms with E-state index < -0.39 is 15.3 Å². The molecule has 3 N–H and O–H groups in total. The summed E-state index contributed by atoms with van der Waals surface area (Å²) in [5.41, 5.74) is 5.25. The zero-order valence-corrected chi connectivity index (χ0v) is 8.62. The molecule has 1 rings (SSSR count). The molecule has 80 valence electrons. The summed E-state index contributed by atoms with van der Waals surface area (Å²) >= 11 is 0. The van der Waals surface area contributed by atoms with Crippen LogP contribution >= 0.6 is 0 Å². The highest BCUT2D eigenvalue weighted by Gasteiger charge is 2.18. The van der Waals surface area contributed by atoms with E-state index in [1.807, 2.05) is 0 Å². The molecule has 0 radical (unpaired) electrons. The molecule has 0 saturated heterocycles. The van der Waals surface area contributed by atoms with Crippen LogP contribution in [-0.4, -0.2) is 25.4 Å². The van der Waals surface area contributed by atoms with E-state index in [1.165, 1.54) is 6.20 Å². The minimum absolute atomic E-state index is 0.0890. The highest BCUT2D eigenvalue weighted by Crippen LogP contribution is 2.00. The molecule has 0 amide bonds. The van der Waals surface area contributed by atoms with Crippen molar-refractivity contribution in [1.82, 2.24) is 9.88 Å². The topological polar surface area (TPSA) is 98.2 Å². The zero-order chi connectivity index (χ0) is 10.6. The smallest absolute Gasteiger partial charge is 0.215 e. The number of sulfonamides is 1. The van der Waals surface area contributed by atoms with Gasteiger partial charge in [0.05, 0.1) is 18.0 Å². The minimum Gasteiger partial charge on any atom is -0.360 e. The van der Waals surface area contributed by atoms with E-state index in [-0.39, 0.29) is 13.1 Å². The lowest BCUT2D eigenvalue weighted by Gasteiger charge is -2.10. The Balaban J connectivity index is 2.53. The summed E-state index contributed by atoms with van der Waals surface area (Å²) in [6, 6.07) is 1.59. The third kappa shape index (κ3) is 2.79. The van der Waals surface area contributed by atoms with Crippen molar-refractivity contribution in [3.05, 3.63) is 18.0 Å². The Morgan fingerprint density at radius 1 is 1.71 bits per heavy atom. The van der Waals surface area contributed by atoms with Crippen molar-refractivity contribution >= 4 is 10.0 Å². The lowest BCUT2D eigenvalue weighted by atomic mass is 10.5. The number of hydrogen-bond donors (Lipinski definition) is 2. The van der Waals surface area contributed by atoms with Crippen molar-refractivity contribution in [1.29, 1.82) is 0 Å². The number of nitrogens with zero attached hydrogens (tertiary/aromatic N) is 1. The molecule has 1 heterocycles. The molecule has 0 bridgehead atoms. The van der Waals surface area contributed by atoms with Gasteiger partial charge in [0.25, 0.3) is 0 Å². The van der Waals surface area contributed by atoms with E-state index in [2.05, 4.69) is 9.88 Å². The Kier molecular flexibility index (Phi) is 3.62. The maximum atomic E-state index is 11.4. The van der Waals surface area contributed by atoms with Crippen LogP contribution in [-0.2, 0) is 16.6 Å². The second-order valence-corrected chi connectivity index (χ2v) is 5.07. The molecule has 0 fully saturated rings. The molecule has 0 aliphatic carbocycles. The summed E-state index contributed by atoms with van der Waals surface area (Å²) in [6.45, 7) is 1.74. The first-order chi connectivity index (χ1) is 6.56. The number of aromatic nitrogens is 1. The van der Waals surface area contributed by atoms with Crippen molar-refractivity contribution < 1.29 is 12.9 Å². The lowest BCUT2D eigenvalue weighted by molar-refractivity contribution is 0.380. The first kappa shape index (κ1) is 11.2. The Labute approximate surface area is 82.5 Å². The van der Waals surface area contributed by atoms with Gasteiger partial charge in [-0.1, -0.05) is 5.16 Å². The molecule has 1 aromatic rings. The van der Waals surface area contributed by atoms with Crippen LogP contribution in [0.25, 0.3) is 0 Å². The van der Waals surface area contributed by atoms with Crippen molar-refractivity contribution in [3.8, 4) is 0 Å². The van der Waals surface area contributed by atoms with E-state index in [0.717, 1.165) is 0 Å². The van der Waals surface area contributed by atoms with Crippen molar-refractivity contribution in [2.45, 2.75) is 18.7 Å². The molecule has 0 saturated carbocycles. The van der Waals surface area contributed by atoms with Crippen LogP contribution in [0, 0.1) is 0 Å². The monoisotopic (exact) mass is 219 g/mol. The highest BCUT2D eigenvalue weighted by atomic mass is 32.2. The zero-order valence-electron chi connectivity index (χ0n) is 7.80. The fourth-order valence-electron chi connectivity index (χ4n) is 0.774. The first-order valence-corrected chi connectivity index (χ1v) is 5.69.